The molecule has 0 aromatic heterocycles. The lowest BCUT2D eigenvalue weighted by molar-refractivity contribution is -0.137. The van der Waals surface area contributed by atoms with Gasteiger partial charge in [-0.2, -0.15) is 0 Å². The molecule has 0 bridgehead atoms. The van der Waals surface area contributed by atoms with Crippen LogP contribution in [0.15, 0.2) is 0 Å². The number of hydrogen-bond acceptors (Lipinski definition) is 3. The summed E-state index contributed by atoms with van der Waals surface area (Å²) in [5, 5.41) is 2.80. The minimum atomic E-state index is -0.810. The second-order valence-electron chi connectivity index (χ2n) is 6.06. The molecule has 0 saturated heterocycles. The minimum absolute atomic E-state index is 0.0455. The van der Waals surface area contributed by atoms with Crippen molar-refractivity contribution in [3.05, 3.63) is 0 Å². The lowest BCUT2D eigenvalue weighted by Crippen LogP contribution is -2.59. The van der Waals surface area contributed by atoms with Crippen molar-refractivity contribution in [3.63, 3.8) is 0 Å². The number of hydrogen-bond donors (Lipinski definition) is 2. The van der Waals surface area contributed by atoms with Crippen LogP contribution in [0, 0.1) is 5.92 Å². The monoisotopic (exact) mass is 283 g/mol. The zero-order valence-corrected chi connectivity index (χ0v) is 13.2. The Morgan fingerprint density at radius 2 is 2.00 bits per heavy atom. The molecule has 20 heavy (non-hydrogen) atoms. The summed E-state index contributed by atoms with van der Waals surface area (Å²) in [4.78, 5) is 26.3. The number of carbonyl (C=O) groups is 2. The van der Waals surface area contributed by atoms with Gasteiger partial charge in [0.2, 0.25) is 11.8 Å². The molecule has 0 heterocycles. The molecule has 1 saturated carbocycles. The Kier molecular flexibility index (Phi) is 5.99. The van der Waals surface area contributed by atoms with Crippen molar-refractivity contribution in [2.24, 2.45) is 11.7 Å². The normalized spacial score (nSPS) is 27.8. The van der Waals surface area contributed by atoms with E-state index in [2.05, 4.69) is 12.2 Å². The molecule has 0 aliphatic heterocycles. The van der Waals surface area contributed by atoms with Gasteiger partial charge < -0.3 is 16.0 Å². The summed E-state index contributed by atoms with van der Waals surface area (Å²) in [6.07, 6.45) is 3.50. The molecule has 1 rings (SSSR count). The average molecular weight is 283 g/mol. The van der Waals surface area contributed by atoms with Crippen LogP contribution in [0.1, 0.15) is 53.4 Å². The van der Waals surface area contributed by atoms with E-state index in [9.17, 15) is 9.59 Å². The number of rotatable bonds is 5. The first kappa shape index (κ1) is 17.0. The third-order valence-electron chi connectivity index (χ3n) is 4.28. The van der Waals surface area contributed by atoms with Crippen molar-refractivity contribution in [2.75, 3.05) is 13.1 Å². The van der Waals surface area contributed by atoms with Gasteiger partial charge in [-0.3, -0.25) is 9.59 Å². The molecule has 0 radical (unpaired) electrons. The summed E-state index contributed by atoms with van der Waals surface area (Å²) in [7, 11) is 0. The number of nitrogens with zero attached hydrogens (tertiary/aromatic N) is 1. The Hall–Kier alpha value is -1.10. The van der Waals surface area contributed by atoms with E-state index >= 15 is 0 Å². The maximum absolute atomic E-state index is 12.4. The number of carbonyl (C=O) groups excluding carboxylic acids is 2. The highest BCUT2D eigenvalue weighted by atomic mass is 16.2. The quantitative estimate of drug-likeness (QED) is 0.798. The Labute approximate surface area is 122 Å². The average Bonchev–Trinajstić information content (AvgIpc) is 2.39. The molecular weight excluding hydrogens is 254 g/mol. The Bertz CT molecular complexity index is 355. The SMILES string of the molecule is CCN(CC)C(=O)C(C)NC(=O)C1(N)CCCC(C)C1. The van der Waals surface area contributed by atoms with Crippen LogP contribution in [0.5, 0.6) is 0 Å². The van der Waals surface area contributed by atoms with Gasteiger partial charge in [0.1, 0.15) is 6.04 Å². The lowest BCUT2D eigenvalue weighted by atomic mass is 9.76. The molecule has 3 unspecified atom stereocenters. The maximum Gasteiger partial charge on any atom is 0.244 e. The van der Waals surface area contributed by atoms with Crippen LogP contribution in [0.3, 0.4) is 0 Å². The van der Waals surface area contributed by atoms with Gasteiger partial charge in [0.15, 0.2) is 0 Å². The lowest BCUT2D eigenvalue weighted by Gasteiger charge is -2.36. The smallest absolute Gasteiger partial charge is 0.244 e. The number of amides is 2. The van der Waals surface area contributed by atoms with E-state index in [1.54, 1.807) is 11.8 Å². The third-order valence-corrected chi connectivity index (χ3v) is 4.28. The molecule has 1 aliphatic rings. The Morgan fingerprint density at radius 1 is 1.40 bits per heavy atom. The molecule has 3 atom stereocenters. The summed E-state index contributed by atoms with van der Waals surface area (Å²) in [6, 6.07) is -0.514. The van der Waals surface area contributed by atoms with Crippen molar-refractivity contribution >= 4 is 11.8 Å². The fraction of sp³-hybridized carbons (Fsp3) is 0.867. The van der Waals surface area contributed by atoms with Crippen LogP contribution in [0.2, 0.25) is 0 Å². The highest BCUT2D eigenvalue weighted by Gasteiger charge is 2.39. The molecule has 116 valence electrons. The summed E-state index contributed by atoms with van der Waals surface area (Å²) in [5.41, 5.74) is 5.44. The van der Waals surface area contributed by atoms with E-state index in [0.29, 0.717) is 31.8 Å². The van der Waals surface area contributed by atoms with Gasteiger partial charge in [-0.25, -0.2) is 0 Å². The number of nitrogens with one attached hydrogen (secondary N) is 1. The number of likely N-dealkylation sites (N-methyl/N-ethyl adjacent to an activating group) is 1. The van der Waals surface area contributed by atoms with E-state index in [1.807, 2.05) is 13.8 Å². The minimum Gasteiger partial charge on any atom is -0.343 e. The zero-order chi connectivity index (χ0) is 15.3. The molecule has 3 N–H and O–H groups in total. The maximum atomic E-state index is 12.4. The predicted octanol–water partition coefficient (Wildman–Crippen LogP) is 1.27. The van der Waals surface area contributed by atoms with E-state index in [0.717, 1.165) is 12.8 Å². The van der Waals surface area contributed by atoms with Crippen molar-refractivity contribution in [3.8, 4) is 0 Å². The second-order valence-corrected chi connectivity index (χ2v) is 6.06. The highest BCUT2D eigenvalue weighted by molar-refractivity contribution is 5.91. The van der Waals surface area contributed by atoms with Gasteiger partial charge in [-0.15, -0.1) is 0 Å². The van der Waals surface area contributed by atoms with Crippen molar-refractivity contribution in [1.82, 2.24) is 10.2 Å². The third kappa shape index (κ3) is 3.95. The Morgan fingerprint density at radius 3 is 2.50 bits per heavy atom. The predicted molar refractivity (Wildman–Crippen MR) is 80.1 cm³/mol. The van der Waals surface area contributed by atoms with Gasteiger partial charge in [-0.05, 0) is 39.5 Å². The van der Waals surface area contributed by atoms with Crippen LogP contribution in [0.25, 0.3) is 0 Å². The van der Waals surface area contributed by atoms with Crippen molar-refractivity contribution < 1.29 is 9.59 Å². The number of nitrogens with two attached hydrogens (primary N) is 1. The molecule has 2 amide bonds. The van der Waals surface area contributed by atoms with Crippen LogP contribution in [0.4, 0.5) is 0 Å². The topological polar surface area (TPSA) is 75.4 Å². The molecule has 0 spiro atoms. The largest absolute Gasteiger partial charge is 0.343 e. The Balaban J connectivity index is 2.63. The molecule has 1 aliphatic carbocycles. The second kappa shape index (κ2) is 7.07. The van der Waals surface area contributed by atoms with Crippen molar-refractivity contribution in [2.45, 2.75) is 65.0 Å². The van der Waals surface area contributed by atoms with Crippen LogP contribution >= 0.6 is 0 Å². The van der Waals surface area contributed by atoms with Crippen LogP contribution in [-0.2, 0) is 9.59 Å². The van der Waals surface area contributed by atoms with E-state index in [-0.39, 0.29) is 11.8 Å². The molecule has 5 heteroatoms. The first-order chi connectivity index (χ1) is 9.34. The zero-order valence-electron chi connectivity index (χ0n) is 13.2. The van der Waals surface area contributed by atoms with Crippen LogP contribution < -0.4 is 11.1 Å². The highest BCUT2D eigenvalue weighted by Crippen LogP contribution is 2.30. The fourth-order valence-corrected chi connectivity index (χ4v) is 3.01. The molecule has 5 nitrogen and oxygen atoms in total. The first-order valence-corrected chi connectivity index (χ1v) is 7.72. The molecule has 1 fully saturated rings. The molecule has 0 aromatic rings. The van der Waals surface area contributed by atoms with E-state index < -0.39 is 11.6 Å². The van der Waals surface area contributed by atoms with Gasteiger partial charge in [0.05, 0.1) is 5.54 Å². The summed E-state index contributed by atoms with van der Waals surface area (Å²) in [5.74, 6) is 0.237. The van der Waals surface area contributed by atoms with Gasteiger partial charge in [-0.1, -0.05) is 19.8 Å². The first-order valence-electron chi connectivity index (χ1n) is 7.72. The summed E-state index contributed by atoms with van der Waals surface area (Å²) >= 11 is 0. The van der Waals surface area contributed by atoms with Crippen molar-refractivity contribution in [1.29, 1.82) is 0 Å². The van der Waals surface area contributed by atoms with E-state index in [4.69, 9.17) is 5.73 Å². The fourth-order valence-electron chi connectivity index (χ4n) is 3.01. The molecule has 0 aromatic carbocycles. The van der Waals surface area contributed by atoms with Gasteiger partial charge in [0.25, 0.3) is 0 Å². The van der Waals surface area contributed by atoms with Crippen LogP contribution in [-0.4, -0.2) is 41.4 Å². The van der Waals surface area contributed by atoms with E-state index in [1.165, 1.54) is 0 Å². The summed E-state index contributed by atoms with van der Waals surface area (Å²) in [6.45, 7) is 9.03. The molecular formula is C15H29N3O2. The van der Waals surface area contributed by atoms with Gasteiger partial charge >= 0.3 is 0 Å². The van der Waals surface area contributed by atoms with Gasteiger partial charge in [0, 0.05) is 13.1 Å². The standard InChI is InChI=1S/C15H29N3O2/c1-5-18(6-2)13(19)12(4)17-14(20)15(16)9-7-8-11(3)10-15/h11-12H,5-10,16H2,1-4H3,(H,17,20). The summed E-state index contributed by atoms with van der Waals surface area (Å²) < 4.78 is 0.